The summed E-state index contributed by atoms with van der Waals surface area (Å²) in [6.07, 6.45) is 0. The number of hydrogen-bond donors (Lipinski definition) is 2. The Hall–Kier alpha value is -2.70. The highest BCUT2D eigenvalue weighted by atomic mass is 16.5. The van der Waals surface area contributed by atoms with Crippen LogP contribution in [0.3, 0.4) is 0 Å². The summed E-state index contributed by atoms with van der Waals surface area (Å²) in [5.41, 5.74) is 4.71. The average Bonchev–Trinajstić information content (AvgIpc) is 2.64. The van der Waals surface area contributed by atoms with Crippen LogP contribution in [0.1, 0.15) is 31.8 Å². The summed E-state index contributed by atoms with van der Waals surface area (Å²) in [6.45, 7) is 2.57. The van der Waals surface area contributed by atoms with E-state index in [1.54, 1.807) is 17.6 Å². The van der Waals surface area contributed by atoms with Gasteiger partial charge in [0.2, 0.25) is 0 Å². The molecule has 2 aromatic carbocycles. The number of amides is 2. The highest BCUT2D eigenvalue weighted by Gasteiger charge is 2.21. The number of fused-ring (bicyclic) bond motifs is 1. The van der Waals surface area contributed by atoms with Gasteiger partial charge in [0, 0.05) is 37.3 Å². The van der Waals surface area contributed by atoms with Gasteiger partial charge in [0.25, 0.3) is 11.8 Å². The van der Waals surface area contributed by atoms with Crippen molar-refractivity contribution in [3.63, 3.8) is 0 Å². The summed E-state index contributed by atoms with van der Waals surface area (Å²) in [5, 5.41) is 8.82. The maximum Gasteiger partial charge on any atom is 0.274 e. The van der Waals surface area contributed by atoms with E-state index in [9.17, 15) is 9.59 Å². The van der Waals surface area contributed by atoms with Crippen molar-refractivity contribution >= 4 is 11.8 Å². The molecule has 2 amide bonds. The van der Waals surface area contributed by atoms with E-state index in [4.69, 9.17) is 5.21 Å². The van der Waals surface area contributed by atoms with E-state index in [2.05, 4.69) is 4.90 Å². The predicted octanol–water partition coefficient (Wildman–Crippen LogP) is 1.89. The normalized spacial score (nSPS) is 15.0. The Labute approximate surface area is 146 Å². The molecule has 0 bridgehead atoms. The predicted molar refractivity (Wildman–Crippen MR) is 93.2 cm³/mol. The van der Waals surface area contributed by atoms with E-state index in [0.717, 1.165) is 17.7 Å². The van der Waals surface area contributed by atoms with E-state index in [1.807, 2.05) is 48.3 Å². The third-order valence-electron chi connectivity index (χ3n) is 4.43. The third kappa shape index (κ3) is 3.87. The fourth-order valence-electron chi connectivity index (χ4n) is 3.02. The minimum atomic E-state index is -0.537. The van der Waals surface area contributed by atoms with Gasteiger partial charge in [0.1, 0.15) is 0 Å². The van der Waals surface area contributed by atoms with Crippen molar-refractivity contribution in [2.24, 2.45) is 0 Å². The number of benzene rings is 2. The smallest absolute Gasteiger partial charge is 0.274 e. The molecule has 0 aromatic heterocycles. The Kier molecular flexibility index (Phi) is 5.11. The third-order valence-corrected chi connectivity index (χ3v) is 4.43. The van der Waals surface area contributed by atoms with Crippen LogP contribution in [-0.4, -0.2) is 47.0 Å². The van der Waals surface area contributed by atoms with Crippen LogP contribution in [0.25, 0.3) is 0 Å². The van der Waals surface area contributed by atoms with Gasteiger partial charge in [-0.25, -0.2) is 5.48 Å². The second-order valence-corrected chi connectivity index (χ2v) is 6.25. The fourth-order valence-corrected chi connectivity index (χ4v) is 3.02. The lowest BCUT2D eigenvalue weighted by Gasteiger charge is -2.30. The van der Waals surface area contributed by atoms with Gasteiger partial charge in [-0.1, -0.05) is 24.3 Å². The highest BCUT2D eigenvalue weighted by molar-refractivity contribution is 5.94. The number of carbonyl (C=O) groups excluding carboxylic acids is 2. The highest BCUT2D eigenvalue weighted by Crippen LogP contribution is 2.20. The van der Waals surface area contributed by atoms with Crippen molar-refractivity contribution < 1.29 is 14.8 Å². The topological polar surface area (TPSA) is 72.9 Å². The van der Waals surface area contributed by atoms with E-state index >= 15 is 0 Å². The van der Waals surface area contributed by atoms with Crippen molar-refractivity contribution in [3.05, 3.63) is 70.8 Å². The largest absolute Gasteiger partial charge is 0.333 e. The molecule has 0 unspecified atom stereocenters. The number of hydrogen-bond acceptors (Lipinski definition) is 4. The number of likely N-dealkylation sites (N-methyl/N-ethyl adjacent to an activating group) is 1. The van der Waals surface area contributed by atoms with E-state index < -0.39 is 5.91 Å². The van der Waals surface area contributed by atoms with Crippen LogP contribution in [0.15, 0.2) is 48.5 Å². The van der Waals surface area contributed by atoms with Crippen LogP contribution < -0.4 is 5.48 Å². The van der Waals surface area contributed by atoms with Gasteiger partial charge in [-0.15, -0.1) is 0 Å². The second kappa shape index (κ2) is 7.46. The van der Waals surface area contributed by atoms with Gasteiger partial charge in [-0.2, -0.15) is 0 Å². The molecule has 1 heterocycles. The maximum absolute atomic E-state index is 12.8. The lowest BCUT2D eigenvalue weighted by atomic mass is 10.0. The standard InChI is InChI=1S/C19H21N3O3/c1-21-9-10-22(19(24)14-5-3-2-4-6-14)13-16-8-7-15(18(23)20-25)11-17(16)12-21/h2-8,11,25H,9-10,12-13H2,1H3,(H,20,23). The summed E-state index contributed by atoms with van der Waals surface area (Å²) in [6, 6.07) is 14.5. The first-order valence-corrected chi connectivity index (χ1v) is 8.17. The summed E-state index contributed by atoms with van der Waals surface area (Å²) in [5.74, 6) is -0.538. The van der Waals surface area contributed by atoms with Gasteiger partial charge >= 0.3 is 0 Å². The van der Waals surface area contributed by atoms with Crippen LogP contribution in [0.4, 0.5) is 0 Å². The van der Waals surface area contributed by atoms with Crippen LogP contribution in [0.5, 0.6) is 0 Å². The quantitative estimate of drug-likeness (QED) is 0.647. The molecule has 0 radical (unpaired) electrons. The molecule has 3 rings (SSSR count). The number of rotatable bonds is 2. The lowest BCUT2D eigenvalue weighted by molar-refractivity contribution is 0.0700. The summed E-state index contributed by atoms with van der Waals surface area (Å²) >= 11 is 0. The zero-order valence-electron chi connectivity index (χ0n) is 14.1. The van der Waals surface area contributed by atoms with Gasteiger partial charge in [0.05, 0.1) is 0 Å². The molecular weight excluding hydrogens is 318 g/mol. The second-order valence-electron chi connectivity index (χ2n) is 6.25. The average molecular weight is 339 g/mol. The number of hydroxylamine groups is 1. The molecular formula is C19H21N3O3. The maximum atomic E-state index is 12.8. The summed E-state index contributed by atoms with van der Waals surface area (Å²) < 4.78 is 0. The molecule has 2 aromatic rings. The molecule has 0 atom stereocenters. The first-order chi connectivity index (χ1) is 12.1. The van der Waals surface area contributed by atoms with Gasteiger partial charge in [-0.05, 0) is 42.4 Å². The molecule has 0 fully saturated rings. The Morgan fingerprint density at radius 1 is 0.960 bits per heavy atom. The minimum Gasteiger partial charge on any atom is -0.333 e. The van der Waals surface area contributed by atoms with Crippen LogP contribution in [-0.2, 0) is 13.1 Å². The van der Waals surface area contributed by atoms with Gasteiger partial charge in [0.15, 0.2) is 0 Å². The first-order valence-electron chi connectivity index (χ1n) is 8.17. The zero-order chi connectivity index (χ0) is 17.8. The van der Waals surface area contributed by atoms with E-state index in [-0.39, 0.29) is 5.91 Å². The van der Waals surface area contributed by atoms with Crippen molar-refractivity contribution in [3.8, 4) is 0 Å². The van der Waals surface area contributed by atoms with Crippen molar-refractivity contribution in [2.45, 2.75) is 13.1 Å². The molecule has 2 N–H and O–H groups in total. The minimum absolute atomic E-state index is 0.000900. The molecule has 6 nitrogen and oxygen atoms in total. The van der Waals surface area contributed by atoms with Crippen molar-refractivity contribution in [1.82, 2.24) is 15.3 Å². The van der Waals surface area contributed by atoms with Crippen molar-refractivity contribution in [2.75, 3.05) is 20.1 Å². The summed E-state index contributed by atoms with van der Waals surface area (Å²) in [7, 11) is 1.99. The molecule has 0 saturated carbocycles. The monoisotopic (exact) mass is 339 g/mol. The molecule has 1 aliphatic heterocycles. The molecule has 25 heavy (non-hydrogen) atoms. The number of nitrogens with one attached hydrogen (secondary N) is 1. The van der Waals surface area contributed by atoms with E-state index in [0.29, 0.717) is 30.8 Å². The first kappa shape index (κ1) is 17.1. The lowest BCUT2D eigenvalue weighted by Crippen LogP contribution is -2.39. The SMILES string of the molecule is CN1CCN(C(=O)c2ccccc2)Cc2ccc(C(=O)NO)cc2C1. The molecule has 6 heteroatoms. The van der Waals surface area contributed by atoms with Crippen LogP contribution in [0.2, 0.25) is 0 Å². The molecule has 1 aliphatic rings. The number of carbonyl (C=O) groups is 2. The Morgan fingerprint density at radius 3 is 2.44 bits per heavy atom. The number of nitrogens with zero attached hydrogens (tertiary/aromatic N) is 2. The molecule has 0 aliphatic carbocycles. The van der Waals surface area contributed by atoms with Crippen LogP contribution in [0, 0.1) is 0 Å². The fraction of sp³-hybridized carbons (Fsp3) is 0.263. The Balaban J connectivity index is 1.91. The molecule has 0 spiro atoms. The zero-order valence-corrected chi connectivity index (χ0v) is 14.1. The Bertz CT molecular complexity index is 777. The molecule has 0 saturated heterocycles. The Morgan fingerprint density at radius 2 is 1.72 bits per heavy atom. The molecule has 130 valence electrons. The van der Waals surface area contributed by atoms with Gasteiger partial charge in [-0.3, -0.25) is 14.8 Å². The van der Waals surface area contributed by atoms with Crippen LogP contribution >= 0.6 is 0 Å². The van der Waals surface area contributed by atoms with E-state index in [1.165, 1.54) is 0 Å². The van der Waals surface area contributed by atoms with Crippen molar-refractivity contribution in [1.29, 1.82) is 0 Å². The summed E-state index contributed by atoms with van der Waals surface area (Å²) in [4.78, 5) is 28.4. The van der Waals surface area contributed by atoms with Gasteiger partial charge < -0.3 is 9.80 Å².